The zero-order valence-electron chi connectivity index (χ0n) is 14.2. The van der Waals surface area contributed by atoms with E-state index in [1.807, 2.05) is 32.0 Å². The van der Waals surface area contributed by atoms with Gasteiger partial charge in [-0.3, -0.25) is 4.79 Å². The minimum absolute atomic E-state index is 0. The molecule has 23 heavy (non-hydrogen) atoms. The van der Waals surface area contributed by atoms with Crippen molar-refractivity contribution in [2.24, 2.45) is 11.7 Å². The summed E-state index contributed by atoms with van der Waals surface area (Å²) >= 11 is 0. The van der Waals surface area contributed by atoms with Crippen LogP contribution >= 0.6 is 12.4 Å². The van der Waals surface area contributed by atoms with E-state index in [1.54, 1.807) is 14.2 Å². The Hall–Kier alpha value is -1.46. The van der Waals surface area contributed by atoms with Crippen molar-refractivity contribution in [1.82, 2.24) is 5.32 Å². The monoisotopic (exact) mass is 342 g/mol. The van der Waals surface area contributed by atoms with Crippen molar-refractivity contribution in [3.05, 3.63) is 23.8 Å². The highest BCUT2D eigenvalue weighted by Gasteiger charge is 2.33. The van der Waals surface area contributed by atoms with E-state index in [2.05, 4.69) is 5.32 Å². The maximum Gasteiger partial charge on any atom is 0.230 e. The molecule has 1 fully saturated rings. The van der Waals surface area contributed by atoms with Crippen LogP contribution < -0.4 is 20.5 Å². The van der Waals surface area contributed by atoms with Crippen LogP contribution in [0.4, 0.5) is 0 Å². The normalized spacial score (nSPS) is 15.3. The van der Waals surface area contributed by atoms with Crippen molar-refractivity contribution < 1.29 is 14.3 Å². The van der Waals surface area contributed by atoms with Gasteiger partial charge in [-0.1, -0.05) is 6.07 Å². The third-order valence-corrected chi connectivity index (χ3v) is 4.40. The van der Waals surface area contributed by atoms with E-state index in [0.29, 0.717) is 24.0 Å². The molecule has 6 heteroatoms. The number of amides is 1. The Morgan fingerprint density at radius 3 is 2.43 bits per heavy atom. The summed E-state index contributed by atoms with van der Waals surface area (Å²) in [5.41, 5.74) is 6.26. The maximum absolute atomic E-state index is 12.5. The minimum Gasteiger partial charge on any atom is -0.493 e. The van der Waals surface area contributed by atoms with Crippen LogP contribution in [0.5, 0.6) is 11.5 Å². The van der Waals surface area contributed by atoms with Crippen LogP contribution in [0.1, 0.15) is 32.3 Å². The first-order chi connectivity index (χ1) is 10.4. The molecule has 0 spiro atoms. The molecule has 1 aliphatic rings. The average Bonchev–Trinajstić information content (AvgIpc) is 3.36. The zero-order chi connectivity index (χ0) is 16.3. The van der Waals surface area contributed by atoms with Gasteiger partial charge in [0.1, 0.15) is 0 Å². The summed E-state index contributed by atoms with van der Waals surface area (Å²) in [6, 6.07) is 5.62. The van der Waals surface area contributed by atoms with E-state index >= 15 is 0 Å². The van der Waals surface area contributed by atoms with Crippen LogP contribution in [0.15, 0.2) is 18.2 Å². The lowest BCUT2D eigenvalue weighted by Gasteiger charge is -2.26. The van der Waals surface area contributed by atoms with Gasteiger partial charge in [0.2, 0.25) is 5.91 Å². The predicted octanol–water partition coefficient (Wildman–Crippen LogP) is 2.26. The molecule has 2 rings (SSSR count). The first-order valence-corrected chi connectivity index (χ1v) is 7.66. The summed E-state index contributed by atoms with van der Waals surface area (Å²) in [6.45, 7) is 4.32. The summed E-state index contributed by atoms with van der Waals surface area (Å²) in [5.74, 6) is 1.81. The van der Waals surface area contributed by atoms with Gasteiger partial charge in [0, 0.05) is 12.6 Å². The van der Waals surface area contributed by atoms with Gasteiger partial charge in [0.25, 0.3) is 0 Å². The molecular weight excluding hydrogens is 316 g/mol. The lowest BCUT2D eigenvalue weighted by Crippen LogP contribution is -2.45. The summed E-state index contributed by atoms with van der Waals surface area (Å²) in [7, 11) is 3.18. The molecule has 1 saturated carbocycles. The van der Waals surface area contributed by atoms with Crippen molar-refractivity contribution in [2.75, 3.05) is 20.8 Å². The van der Waals surface area contributed by atoms with Crippen LogP contribution in [0.25, 0.3) is 0 Å². The molecule has 5 nitrogen and oxygen atoms in total. The largest absolute Gasteiger partial charge is 0.493 e. The van der Waals surface area contributed by atoms with E-state index in [9.17, 15) is 4.79 Å². The summed E-state index contributed by atoms with van der Waals surface area (Å²) in [6.07, 6.45) is 2.35. The Morgan fingerprint density at radius 2 is 1.91 bits per heavy atom. The molecule has 0 radical (unpaired) electrons. The maximum atomic E-state index is 12.5. The molecule has 1 amide bonds. The molecule has 0 aromatic heterocycles. The number of carbonyl (C=O) groups excluding carboxylic acids is 1. The molecule has 130 valence electrons. The van der Waals surface area contributed by atoms with Gasteiger partial charge in [-0.2, -0.15) is 0 Å². The highest BCUT2D eigenvalue weighted by molar-refractivity contribution is 5.87. The second-order valence-electron chi connectivity index (χ2n) is 6.41. The highest BCUT2D eigenvalue weighted by Crippen LogP contribution is 2.34. The lowest BCUT2D eigenvalue weighted by molar-refractivity contribution is -0.125. The van der Waals surface area contributed by atoms with Gasteiger partial charge in [0.15, 0.2) is 11.5 Å². The standard InChI is InChI=1S/C17H26N2O3.ClH/c1-17(2,16(20)19-10-13(18)11-5-6-11)12-7-8-14(21-3)15(9-12)22-4;/h7-9,11,13H,5-6,10,18H2,1-4H3,(H,19,20);1H. The van der Waals surface area contributed by atoms with Gasteiger partial charge in [-0.15, -0.1) is 12.4 Å². The molecule has 0 saturated heterocycles. The molecular formula is C17H27ClN2O3. The van der Waals surface area contributed by atoms with Crippen molar-refractivity contribution >= 4 is 18.3 Å². The highest BCUT2D eigenvalue weighted by atomic mass is 35.5. The molecule has 1 aliphatic carbocycles. The SMILES string of the molecule is COc1ccc(C(C)(C)C(=O)NCC(N)C2CC2)cc1OC.Cl. The fourth-order valence-corrected chi connectivity index (χ4v) is 2.48. The van der Waals surface area contributed by atoms with Gasteiger partial charge < -0.3 is 20.5 Å². The molecule has 0 aliphatic heterocycles. The van der Waals surface area contributed by atoms with E-state index < -0.39 is 5.41 Å². The van der Waals surface area contributed by atoms with Crippen molar-refractivity contribution in [3.8, 4) is 11.5 Å². The number of hydrogen-bond donors (Lipinski definition) is 2. The number of nitrogens with two attached hydrogens (primary N) is 1. The Morgan fingerprint density at radius 1 is 1.30 bits per heavy atom. The topological polar surface area (TPSA) is 73.6 Å². The number of carbonyl (C=O) groups is 1. The number of benzene rings is 1. The molecule has 1 aromatic rings. The smallest absolute Gasteiger partial charge is 0.230 e. The van der Waals surface area contributed by atoms with E-state index in [-0.39, 0.29) is 24.4 Å². The van der Waals surface area contributed by atoms with Crippen LogP contribution in [-0.2, 0) is 10.2 Å². The van der Waals surface area contributed by atoms with Gasteiger partial charge in [-0.05, 0) is 50.3 Å². The second-order valence-corrected chi connectivity index (χ2v) is 6.41. The first-order valence-electron chi connectivity index (χ1n) is 7.66. The molecule has 1 aromatic carbocycles. The van der Waals surface area contributed by atoms with E-state index in [0.717, 1.165) is 5.56 Å². The van der Waals surface area contributed by atoms with Crippen molar-refractivity contribution in [2.45, 2.75) is 38.1 Å². The zero-order valence-corrected chi connectivity index (χ0v) is 15.0. The Labute approximate surface area is 144 Å². The number of halogens is 1. The van der Waals surface area contributed by atoms with Crippen LogP contribution in [-0.4, -0.2) is 32.7 Å². The fourth-order valence-electron chi connectivity index (χ4n) is 2.48. The number of ether oxygens (including phenoxy) is 2. The molecule has 3 N–H and O–H groups in total. The quantitative estimate of drug-likeness (QED) is 0.797. The molecule has 0 heterocycles. The Kier molecular flexibility index (Phi) is 6.71. The third kappa shape index (κ3) is 4.52. The summed E-state index contributed by atoms with van der Waals surface area (Å²) in [4.78, 5) is 12.5. The first kappa shape index (κ1) is 19.6. The summed E-state index contributed by atoms with van der Waals surface area (Å²) in [5, 5.41) is 2.97. The van der Waals surface area contributed by atoms with Crippen molar-refractivity contribution in [3.63, 3.8) is 0 Å². The van der Waals surface area contributed by atoms with E-state index in [1.165, 1.54) is 12.8 Å². The van der Waals surface area contributed by atoms with Crippen LogP contribution in [0.3, 0.4) is 0 Å². The molecule has 1 atom stereocenters. The second kappa shape index (κ2) is 7.88. The Balaban J connectivity index is 0.00000264. The van der Waals surface area contributed by atoms with Crippen molar-refractivity contribution in [1.29, 1.82) is 0 Å². The molecule has 1 unspecified atom stereocenters. The van der Waals surface area contributed by atoms with Crippen LogP contribution in [0.2, 0.25) is 0 Å². The predicted molar refractivity (Wildman–Crippen MR) is 93.5 cm³/mol. The lowest BCUT2D eigenvalue weighted by atomic mass is 9.83. The van der Waals surface area contributed by atoms with Gasteiger partial charge in [-0.25, -0.2) is 0 Å². The summed E-state index contributed by atoms with van der Waals surface area (Å²) < 4.78 is 10.5. The van der Waals surface area contributed by atoms with E-state index in [4.69, 9.17) is 15.2 Å². The van der Waals surface area contributed by atoms with Gasteiger partial charge >= 0.3 is 0 Å². The van der Waals surface area contributed by atoms with Crippen LogP contribution in [0, 0.1) is 5.92 Å². The number of nitrogens with one attached hydrogen (secondary N) is 1. The number of rotatable bonds is 7. The molecule has 0 bridgehead atoms. The fraction of sp³-hybridized carbons (Fsp3) is 0.588. The third-order valence-electron chi connectivity index (χ3n) is 4.40. The number of hydrogen-bond acceptors (Lipinski definition) is 4. The Bertz CT molecular complexity index is 545. The minimum atomic E-state index is -0.664. The van der Waals surface area contributed by atoms with Gasteiger partial charge in [0.05, 0.1) is 19.6 Å². The average molecular weight is 343 g/mol. The number of methoxy groups -OCH3 is 2.